The number of carbonyl (C=O) groups is 2. The Kier molecular flexibility index (Phi) is 4.93. The molecule has 2 aliphatic rings. The number of rotatable bonds is 3. The quantitative estimate of drug-likeness (QED) is 0.520. The van der Waals surface area contributed by atoms with Gasteiger partial charge in [-0.05, 0) is 36.3 Å². The number of amides is 3. The van der Waals surface area contributed by atoms with Gasteiger partial charge in [-0.15, -0.1) is 0 Å². The van der Waals surface area contributed by atoms with Crippen LogP contribution >= 0.6 is 23.2 Å². The topological polar surface area (TPSA) is 49.9 Å². The first-order chi connectivity index (χ1) is 11.9. The Morgan fingerprint density at radius 1 is 1.12 bits per heavy atom. The van der Waals surface area contributed by atoms with Crippen LogP contribution in [0.3, 0.4) is 0 Å². The minimum absolute atomic E-state index is 0.0810. The lowest BCUT2D eigenvalue weighted by atomic mass is 10.2. The molecule has 142 valence electrons. The van der Waals surface area contributed by atoms with Crippen molar-refractivity contribution in [2.75, 3.05) is 11.4 Å². The summed E-state index contributed by atoms with van der Waals surface area (Å²) in [5.41, 5.74) is 0.411. The van der Waals surface area contributed by atoms with Gasteiger partial charge >= 0.3 is 6.03 Å². The van der Waals surface area contributed by atoms with Crippen LogP contribution in [0.2, 0.25) is 28.2 Å². The van der Waals surface area contributed by atoms with Crippen LogP contribution in [-0.4, -0.2) is 43.8 Å². The first-order valence-electron chi connectivity index (χ1n) is 8.69. The highest BCUT2D eigenvalue weighted by atomic mass is 35.5. The summed E-state index contributed by atoms with van der Waals surface area (Å²) in [6.45, 7) is 11.3. The standard InChI is InChI=1S/C18H24Cl2N2O3Si/c1-18(2,3)26(4,5)25-14-9-15-16(23)22(17(24)21(15)10-14)13-7-11(19)6-12(20)8-13/h6-8,14-15H,9-10H2,1-5H3. The molecule has 2 atom stereocenters. The molecule has 3 rings (SSSR count). The van der Waals surface area contributed by atoms with Gasteiger partial charge in [-0.2, -0.15) is 0 Å². The third-order valence-electron chi connectivity index (χ3n) is 5.58. The molecule has 2 saturated heterocycles. The highest BCUT2D eigenvalue weighted by Crippen LogP contribution is 2.40. The van der Waals surface area contributed by atoms with E-state index in [1.807, 2.05) is 0 Å². The number of imide groups is 1. The second-order valence-corrected chi connectivity index (χ2v) is 14.1. The maximum absolute atomic E-state index is 12.9. The summed E-state index contributed by atoms with van der Waals surface area (Å²) in [6.07, 6.45) is 0.431. The lowest BCUT2D eigenvalue weighted by Crippen LogP contribution is -2.45. The first kappa shape index (κ1) is 19.7. The largest absolute Gasteiger partial charge is 0.412 e. The van der Waals surface area contributed by atoms with E-state index in [1.54, 1.807) is 23.1 Å². The number of urea groups is 1. The number of benzene rings is 1. The third-order valence-corrected chi connectivity index (χ3v) is 10.5. The van der Waals surface area contributed by atoms with Crippen LogP contribution in [0.1, 0.15) is 27.2 Å². The van der Waals surface area contributed by atoms with Crippen LogP contribution in [-0.2, 0) is 9.22 Å². The number of carbonyl (C=O) groups excluding carboxylic acids is 2. The molecule has 0 saturated carbocycles. The molecular formula is C18H24Cl2N2O3Si. The van der Waals surface area contributed by atoms with E-state index in [4.69, 9.17) is 27.6 Å². The van der Waals surface area contributed by atoms with E-state index in [0.29, 0.717) is 28.7 Å². The Balaban J connectivity index is 1.78. The SMILES string of the molecule is CC(C)(C)[Si](C)(C)OC1CC2C(=O)N(c3cc(Cl)cc(Cl)c3)C(=O)N2C1. The number of anilines is 1. The molecule has 1 aromatic rings. The summed E-state index contributed by atoms with van der Waals surface area (Å²) >= 11 is 12.0. The molecule has 1 aromatic carbocycles. The molecule has 2 fully saturated rings. The van der Waals surface area contributed by atoms with Crippen molar-refractivity contribution in [3.8, 4) is 0 Å². The number of hydrogen-bond donors (Lipinski definition) is 0. The highest BCUT2D eigenvalue weighted by Gasteiger charge is 2.53. The van der Waals surface area contributed by atoms with Crippen LogP contribution in [0.4, 0.5) is 10.5 Å². The fraction of sp³-hybridized carbons (Fsp3) is 0.556. The molecular weight excluding hydrogens is 391 g/mol. The van der Waals surface area contributed by atoms with Crippen molar-refractivity contribution < 1.29 is 14.0 Å². The molecule has 3 amide bonds. The predicted molar refractivity (Wildman–Crippen MR) is 107 cm³/mol. The Morgan fingerprint density at radius 2 is 1.69 bits per heavy atom. The Hall–Kier alpha value is -1.08. The fourth-order valence-electron chi connectivity index (χ4n) is 3.20. The van der Waals surface area contributed by atoms with Gasteiger partial charge in [0.2, 0.25) is 0 Å². The van der Waals surface area contributed by atoms with Gasteiger partial charge in [0.15, 0.2) is 8.32 Å². The maximum Gasteiger partial charge on any atom is 0.332 e. The van der Waals surface area contributed by atoms with Crippen molar-refractivity contribution in [2.24, 2.45) is 0 Å². The molecule has 26 heavy (non-hydrogen) atoms. The van der Waals surface area contributed by atoms with E-state index < -0.39 is 14.4 Å². The van der Waals surface area contributed by atoms with Gasteiger partial charge in [0, 0.05) is 23.0 Å². The Bertz CT molecular complexity index is 719. The zero-order chi connectivity index (χ0) is 19.4. The van der Waals surface area contributed by atoms with Crippen molar-refractivity contribution in [3.05, 3.63) is 28.2 Å². The van der Waals surface area contributed by atoms with Crippen LogP contribution < -0.4 is 4.90 Å². The van der Waals surface area contributed by atoms with Gasteiger partial charge in [-0.1, -0.05) is 44.0 Å². The Labute approximate surface area is 165 Å². The van der Waals surface area contributed by atoms with Gasteiger partial charge in [0.1, 0.15) is 6.04 Å². The summed E-state index contributed by atoms with van der Waals surface area (Å²) in [6, 6.07) is 3.92. The molecule has 0 aromatic heterocycles. The molecule has 2 aliphatic heterocycles. The number of fused-ring (bicyclic) bond motifs is 1. The smallest absolute Gasteiger partial charge is 0.332 e. The molecule has 0 bridgehead atoms. The van der Waals surface area contributed by atoms with E-state index in [0.717, 1.165) is 0 Å². The molecule has 0 N–H and O–H groups in total. The van der Waals surface area contributed by atoms with E-state index in [9.17, 15) is 9.59 Å². The summed E-state index contributed by atoms with van der Waals surface area (Å²) in [5, 5.41) is 0.857. The van der Waals surface area contributed by atoms with Gasteiger partial charge in [0.25, 0.3) is 5.91 Å². The average molecular weight is 415 g/mol. The van der Waals surface area contributed by atoms with E-state index in [1.165, 1.54) is 4.90 Å². The predicted octanol–water partition coefficient (Wildman–Crippen LogP) is 4.92. The van der Waals surface area contributed by atoms with Gasteiger partial charge in [-0.3, -0.25) is 4.79 Å². The number of halogens is 2. The summed E-state index contributed by atoms with van der Waals surface area (Å²) in [4.78, 5) is 28.5. The Morgan fingerprint density at radius 3 is 2.19 bits per heavy atom. The lowest BCUT2D eigenvalue weighted by molar-refractivity contribution is -0.119. The molecule has 0 aliphatic carbocycles. The van der Waals surface area contributed by atoms with Crippen LogP contribution in [0.5, 0.6) is 0 Å². The van der Waals surface area contributed by atoms with E-state index in [2.05, 4.69) is 33.9 Å². The zero-order valence-corrected chi connectivity index (χ0v) is 18.2. The fourth-order valence-corrected chi connectivity index (χ4v) is 5.07. The number of nitrogens with zero attached hydrogens (tertiary/aromatic N) is 2. The molecule has 0 spiro atoms. The molecule has 5 nitrogen and oxygen atoms in total. The zero-order valence-electron chi connectivity index (χ0n) is 15.7. The molecule has 8 heteroatoms. The monoisotopic (exact) mass is 414 g/mol. The lowest BCUT2D eigenvalue weighted by Gasteiger charge is -2.38. The van der Waals surface area contributed by atoms with Crippen molar-refractivity contribution in [1.29, 1.82) is 0 Å². The van der Waals surface area contributed by atoms with Crippen molar-refractivity contribution >= 4 is 49.1 Å². The van der Waals surface area contributed by atoms with E-state index >= 15 is 0 Å². The van der Waals surface area contributed by atoms with Crippen molar-refractivity contribution in [2.45, 2.75) is 57.5 Å². The average Bonchev–Trinajstić information content (AvgIpc) is 2.96. The number of hydrogen-bond acceptors (Lipinski definition) is 3. The second kappa shape index (κ2) is 6.51. The highest BCUT2D eigenvalue weighted by molar-refractivity contribution is 6.74. The van der Waals surface area contributed by atoms with Crippen molar-refractivity contribution in [3.63, 3.8) is 0 Å². The maximum atomic E-state index is 12.9. The first-order valence-corrected chi connectivity index (χ1v) is 12.4. The molecule has 2 heterocycles. The summed E-state index contributed by atoms with van der Waals surface area (Å²) < 4.78 is 6.41. The minimum Gasteiger partial charge on any atom is -0.412 e. The molecule has 0 radical (unpaired) electrons. The minimum atomic E-state index is -1.96. The van der Waals surface area contributed by atoms with E-state index in [-0.39, 0.29) is 23.1 Å². The van der Waals surface area contributed by atoms with Gasteiger partial charge < -0.3 is 9.33 Å². The third kappa shape index (κ3) is 3.40. The van der Waals surface area contributed by atoms with Gasteiger partial charge in [0.05, 0.1) is 11.8 Å². The molecule has 2 unspecified atom stereocenters. The van der Waals surface area contributed by atoms with Gasteiger partial charge in [-0.25, -0.2) is 9.69 Å². The normalized spacial score (nSPS) is 23.8. The van der Waals surface area contributed by atoms with Crippen molar-refractivity contribution in [1.82, 2.24) is 4.90 Å². The van der Waals surface area contributed by atoms with Crippen LogP contribution in [0.15, 0.2) is 18.2 Å². The van der Waals surface area contributed by atoms with Crippen LogP contribution in [0, 0.1) is 0 Å². The second-order valence-electron chi connectivity index (χ2n) is 8.49. The van der Waals surface area contributed by atoms with Crippen LogP contribution in [0.25, 0.3) is 0 Å². The summed E-state index contributed by atoms with van der Waals surface area (Å²) in [5.74, 6) is -0.241. The summed E-state index contributed by atoms with van der Waals surface area (Å²) in [7, 11) is -1.96.